The fourth-order valence-electron chi connectivity index (χ4n) is 1.71. The lowest BCUT2D eigenvalue weighted by Crippen LogP contribution is -2.23. The second-order valence-electron chi connectivity index (χ2n) is 4.24. The molecule has 2 N–H and O–H groups in total. The minimum Gasteiger partial charge on any atom is -0.459 e. The van der Waals surface area contributed by atoms with Crippen molar-refractivity contribution in [1.82, 2.24) is 4.98 Å². The number of hydrogen-bond donors (Lipinski definition) is 2. The number of H-pyrrole nitrogens is 1. The van der Waals surface area contributed by atoms with Crippen molar-refractivity contribution in [3.8, 4) is 0 Å². The highest BCUT2D eigenvalue weighted by Crippen LogP contribution is 2.10. The number of carbonyl (C=O) groups is 1. The van der Waals surface area contributed by atoms with E-state index in [0.29, 0.717) is 5.56 Å². The standard InChI is InChI=1S/C14H15NO4/c1-2-12(16)14(18)19-8-10-7-9-5-3-4-6-11(9)15-13(10)17/h3-7,12,16H,2,8H2,1H3,(H,15,17)/t12-/m1/s1. The Balaban J connectivity index is 2.19. The van der Waals surface area contributed by atoms with Gasteiger partial charge in [-0.25, -0.2) is 4.79 Å². The number of fused-ring (bicyclic) bond motifs is 1. The van der Waals surface area contributed by atoms with Crippen LogP contribution in [0.3, 0.4) is 0 Å². The maximum absolute atomic E-state index is 11.8. The van der Waals surface area contributed by atoms with Gasteiger partial charge in [0, 0.05) is 5.52 Å². The fourth-order valence-corrected chi connectivity index (χ4v) is 1.71. The highest BCUT2D eigenvalue weighted by molar-refractivity contribution is 5.79. The Morgan fingerprint density at radius 1 is 1.42 bits per heavy atom. The van der Waals surface area contributed by atoms with E-state index in [1.807, 2.05) is 18.2 Å². The molecule has 1 heterocycles. The van der Waals surface area contributed by atoms with Crippen molar-refractivity contribution in [2.75, 3.05) is 0 Å². The zero-order valence-corrected chi connectivity index (χ0v) is 10.6. The summed E-state index contributed by atoms with van der Waals surface area (Å²) < 4.78 is 4.90. The molecule has 2 rings (SSSR count). The van der Waals surface area contributed by atoms with Gasteiger partial charge in [-0.1, -0.05) is 25.1 Å². The quantitative estimate of drug-likeness (QED) is 0.814. The van der Waals surface area contributed by atoms with Crippen LogP contribution in [0.25, 0.3) is 10.9 Å². The highest BCUT2D eigenvalue weighted by Gasteiger charge is 2.14. The van der Waals surface area contributed by atoms with E-state index in [2.05, 4.69) is 4.98 Å². The number of aromatic amines is 1. The Morgan fingerprint density at radius 3 is 2.89 bits per heavy atom. The van der Waals surface area contributed by atoms with Gasteiger partial charge in [-0.05, 0) is 23.9 Å². The van der Waals surface area contributed by atoms with Crippen molar-refractivity contribution in [3.63, 3.8) is 0 Å². The van der Waals surface area contributed by atoms with E-state index >= 15 is 0 Å². The molecule has 19 heavy (non-hydrogen) atoms. The number of aromatic nitrogens is 1. The van der Waals surface area contributed by atoms with Gasteiger partial charge in [0.2, 0.25) is 0 Å². The summed E-state index contributed by atoms with van der Waals surface area (Å²) in [6.07, 6.45) is -0.855. The molecule has 0 spiro atoms. The Morgan fingerprint density at radius 2 is 2.16 bits per heavy atom. The number of aliphatic hydroxyl groups is 1. The first-order valence-electron chi connectivity index (χ1n) is 6.07. The number of benzene rings is 1. The van der Waals surface area contributed by atoms with Crippen LogP contribution in [-0.2, 0) is 16.1 Å². The number of para-hydroxylation sites is 1. The van der Waals surface area contributed by atoms with Crippen molar-refractivity contribution in [2.45, 2.75) is 26.1 Å². The average molecular weight is 261 g/mol. The van der Waals surface area contributed by atoms with Crippen LogP contribution in [0.1, 0.15) is 18.9 Å². The van der Waals surface area contributed by atoms with Crippen LogP contribution >= 0.6 is 0 Å². The van der Waals surface area contributed by atoms with Gasteiger partial charge in [-0.2, -0.15) is 0 Å². The number of rotatable bonds is 4. The molecule has 0 bridgehead atoms. The van der Waals surface area contributed by atoms with Crippen LogP contribution in [0.5, 0.6) is 0 Å². The van der Waals surface area contributed by atoms with Gasteiger partial charge < -0.3 is 14.8 Å². The molecule has 0 amide bonds. The van der Waals surface area contributed by atoms with Gasteiger partial charge in [0.1, 0.15) is 6.61 Å². The normalized spacial score (nSPS) is 12.3. The largest absolute Gasteiger partial charge is 0.459 e. The summed E-state index contributed by atoms with van der Waals surface area (Å²) in [6.45, 7) is 1.53. The van der Waals surface area contributed by atoms with Crippen LogP contribution in [0.2, 0.25) is 0 Å². The second kappa shape index (κ2) is 5.67. The number of ether oxygens (including phenoxy) is 1. The SMILES string of the molecule is CC[C@@H](O)C(=O)OCc1cc2ccccc2[nH]c1=O. The van der Waals surface area contributed by atoms with E-state index < -0.39 is 12.1 Å². The predicted octanol–water partition coefficient (Wildman–Crippen LogP) is 1.34. The van der Waals surface area contributed by atoms with E-state index in [-0.39, 0.29) is 18.6 Å². The lowest BCUT2D eigenvalue weighted by Gasteiger charge is -2.08. The lowest BCUT2D eigenvalue weighted by atomic mass is 10.1. The van der Waals surface area contributed by atoms with Crippen molar-refractivity contribution in [3.05, 3.63) is 46.2 Å². The van der Waals surface area contributed by atoms with Crippen molar-refractivity contribution in [1.29, 1.82) is 0 Å². The molecule has 2 aromatic rings. The van der Waals surface area contributed by atoms with Crippen LogP contribution in [0, 0.1) is 0 Å². The topological polar surface area (TPSA) is 79.4 Å². The van der Waals surface area contributed by atoms with Gasteiger partial charge in [0.25, 0.3) is 5.56 Å². The highest BCUT2D eigenvalue weighted by atomic mass is 16.5. The molecule has 0 fully saturated rings. The molecule has 5 nitrogen and oxygen atoms in total. The van der Waals surface area contributed by atoms with Crippen LogP contribution in [-0.4, -0.2) is 22.2 Å². The smallest absolute Gasteiger partial charge is 0.335 e. The van der Waals surface area contributed by atoms with Crippen molar-refractivity contribution < 1.29 is 14.6 Å². The molecule has 0 saturated heterocycles. The number of esters is 1. The summed E-state index contributed by atoms with van der Waals surface area (Å²) in [5.41, 5.74) is 0.795. The average Bonchev–Trinajstić information content (AvgIpc) is 2.43. The van der Waals surface area contributed by atoms with Gasteiger partial charge in [-0.3, -0.25) is 4.79 Å². The summed E-state index contributed by atoms with van der Waals surface area (Å²) in [7, 11) is 0. The first-order valence-corrected chi connectivity index (χ1v) is 6.07. The maximum Gasteiger partial charge on any atom is 0.335 e. The van der Waals surface area contributed by atoms with Crippen LogP contribution in [0.15, 0.2) is 35.1 Å². The van der Waals surface area contributed by atoms with Gasteiger partial charge in [0.15, 0.2) is 6.10 Å². The molecule has 0 aliphatic heterocycles. The minimum absolute atomic E-state index is 0.143. The summed E-state index contributed by atoms with van der Waals surface area (Å²) in [6, 6.07) is 9.03. The second-order valence-corrected chi connectivity index (χ2v) is 4.24. The van der Waals surface area contributed by atoms with E-state index in [9.17, 15) is 14.7 Å². The van der Waals surface area contributed by atoms with E-state index in [4.69, 9.17) is 4.74 Å². The summed E-state index contributed by atoms with van der Waals surface area (Å²) in [5.74, 6) is -0.713. The maximum atomic E-state index is 11.8. The summed E-state index contributed by atoms with van der Waals surface area (Å²) in [4.78, 5) is 25.8. The molecule has 1 atom stereocenters. The number of carbonyl (C=O) groups excluding carboxylic acids is 1. The fraction of sp³-hybridized carbons (Fsp3) is 0.286. The minimum atomic E-state index is -1.14. The lowest BCUT2D eigenvalue weighted by molar-refractivity contribution is -0.155. The van der Waals surface area contributed by atoms with Gasteiger partial charge in [-0.15, -0.1) is 0 Å². The van der Waals surface area contributed by atoms with Crippen molar-refractivity contribution in [2.24, 2.45) is 0 Å². The molecule has 1 aromatic carbocycles. The number of nitrogens with one attached hydrogen (secondary N) is 1. The Hall–Kier alpha value is -2.14. The molecule has 0 radical (unpaired) electrons. The van der Waals surface area contributed by atoms with Gasteiger partial charge in [0.05, 0.1) is 5.56 Å². The Labute approximate surface area is 109 Å². The van der Waals surface area contributed by atoms with Crippen LogP contribution < -0.4 is 5.56 Å². The third-order valence-corrected chi connectivity index (χ3v) is 2.86. The molecule has 0 aliphatic rings. The third kappa shape index (κ3) is 3.00. The summed E-state index contributed by atoms with van der Waals surface area (Å²) in [5, 5.41) is 10.2. The van der Waals surface area contributed by atoms with E-state index in [0.717, 1.165) is 10.9 Å². The molecule has 1 aromatic heterocycles. The summed E-state index contributed by atoms with van der Waals surface area (Å²) >= 11 is 0. The van der Waals surface area contributed by atoms with Gasteiger partial charge >= 0.3 is 5.97 Å². The monoisotopic (exact) mass is 261 g/mol. The number of hydrogen-bond acceptors (Lipinski definition) is 4. The molecular formula is C14H15NO4. The molecule has 0 saturated carbocycles. The van der Waals surface area contributed by atoms with Crippen LogP contribution in [0.4, 0.5) is 0 Å². The Bertz CT molecular complexity index is 647. The molecule has 0 aliphatic carbocycles. The molecular weight excluding hydrogens is 246 g/mol. The molecule has 100 valence electrons. The first kappa shape index (κ1) is 13.3. The van der Waals surface area contributed by atoms with Crippen molar-refractivity contribution >= 4 is 16.9 Å². The first-order chi connectivity index (χ1) is 9.11. The predicted molar refractivity (Wildman–Crippen MR) is 70.7 cm³/mol. The third-order valence-electron chi connectivity index (χ3n) is 2.86. The van der Waals surface area contributed by atoms with E-state index in [1.54, 1.807) is 19.1 Å². The van der Waals surface area contributed by atoms with E-state index in [1.165, 1.54) is 0 Å². The zero-order chi connectivity index (χ0) is 13.8. The Kier molecular flexibility index (Phi) is 3.97. The molecule has 5 heteroatoms. The number of pyridine rings is 1. The number of aliphatic hydroxyl groups excluding tert-OH is 1. The molecule has 0 unspecified atom stereocenters. The zero-order valence-electron chi connectivity index (χ0n) is 10.6.